The third-order valence-corrected chi connectivity index (χ3v) is 5.62. The Morgan fingerprint density at radius 3 is 2.74 bits per heavy atom. The van der Waals surface area contributed by atoms with Crippen LogP contribution in [-0.2, 0) is 17.6 Å². The number of H-pyrrole nitrogens is 2. The number of piperidine rings is 1. The van der Waals surface area contributed by atoms with Crippen molar-refractivity contribution in [3.8, 4) is 0 Å². The summed E-state index contributed by atoms with van der Waals surface area (Å²) in [6.07, 6.45) is 4.52. The number of benzene rings is 1. The number of aromatic amines is 2. The Balaban J connectivity index is 1.49. The fourth-order valence-corrected chi connectivity index (χ4v) is 3.87. The molecule has 1 atom stereocenters. The lowest BCUT2D eigenvalue weighted by molar-refractivity contribution is -0.132. The van der Waals surface area contributed by atoms with Crippen LogP contribution in [0.25, 0.3) is 0 Å². The van der Waals surface area contributed by atoms with E-state index in [1.54, 1.807) is 0 Å². The molecule has 1 aromatic heterocycles. The van der Waals surface area contributed by atoms with E-state index >= 15 is 0 Å². The highest BCUT2D eigenvalue weighted by Gasteiger charge is 2.26. The SMILES string of the molecule is Cc1[nH][nH]c(=O)c1CC(=O)N(C)[C@H]1CCCN(CCCc2ccccc2)C1. The topological polar surface area (TPSA) is 72.2 Å². The molecular weight excluding hydrogens is 340 g/mol. The average Bonchev–Trinajstić information content (AvgIpc) is 3.00. The van der Waals surface area contributed by atoms with Crippen molar-refractivity contribution in [3.63, 3.8) is 0 Å². The van der Waals surface area contributed by atoms with E-state index in [0.717, 1.165) is 51.0 Å². The van der Waals surface area contributed by atoms with Gasteiger partial charge < -0.3 is 14.9 Å². The van der Waals surface area contributed by atoms with Gasteiger partial charge in [-0.15, -0.1) is 0 Å². The Morgan fingerprint density at radius 1 is 1.26 bits per heavy atom. The average molecular weight is 370 g/mol. The molecule has 27 heavy (non-hydrogen) atoms. The van der Waals surface area contributed by atoms with E-state index in [1.165, 1.54) is 5.56 Å². The maximum atomic E-state index is 12.7. The summed E-state index contributed by atoms with van der Waals surface area (Å²) in [5.41, 5.74) is 2.47. The number of rotatable bonds is 7. The van der Waals surface area contributed by atoms with Crippen molar-refractivity contribution in [1.29, 1.82) is 0 Å². The first-order chi connectivity index (χ1) is 13.0. The Bertz CT molecular complexity index is 796. The lowest BCUT2D eigenvalue weighted by Gasteiger charge is -2.37. The highest BCUT2D eigenvalue weighted by Crippen LogP contribution is 2.17. The van der Waals surface area contributed by atoms with E-state index in [9.17, 15) is 9.59 Å². The summed E-state index contributed by atoms with van der Waals surface area (Å²) in [6.45, 7) is 4.89. The van der Waals surface area contributed by atoms with Crippen LogP contribution in [0, 0.1) is 6.92 Å². The van der Waals surface area contributed by atoms with Crippen molar-refractivity contribution < 1.29 is 4.79 Å². The highest BCUT2D eigenvalue weighted by atomic mass is 16.2. The number of aromatic nitrogens is 2. The maximum absolute atomic E-state index is 12.7. The van der Waals surface area contributed by atoms with Crippen molar-refractivity contribution >= 4 is 5.91 Å². The second kappa shape index (κ2) is 9.04. The molecule has 0 radical (unpaired) electrons. The molecule has 1 aliphatic heterocycles. The molecule has 2 N–H and O–H groups in total. The number of likely N-dealkylation sites (N-methyl/N-ethyl adjacent to an activating group) is 1. The zero-order chi connectivity index (χ0) is 19.2. The number of nitrogens with one attached hydrogen (secondary N) is 2. The van der Waals surface area contributed by atoms with Gasteiger partial charge in [0.1, 0.15) is 0 Å². The lowest BCUT2D eigenvalue weighted by atomic mass is 10.0. The molecule has 6 heteroatoms. The number of carbonyl (C=O) groups excluding carboxylic acids is 1. The van der Waals surface area contributed by atoms with Crippen molar-refractivity contribution in [1.82, 2.24) is 20.0 Å². The predicted molar refractivity (Wildman–Crippen MR) is 107 cm³/mol. The molecule has 1 aromatic carbocycles. The van der Waals surface area contributed by atoms with Gasteiger partial charge in [-0.05, 0) is 51.3 Å². The van der Waals surface area contributed by atoms with Crippen LogP contribution in [0.1, 0.15) is 36.1 Å². The van der Waals surface area contributed by atoms with Crippen molar-refractivity contribution in [3.05, 3.63) is 57.5 Å². The highest BCUT2D eigenvalue weighted by molar-refractivity contribution is 5.79. The van der Waals surface area contributed by atoms with Crippen molar-refractivity contribution in [2.24, 2.45) is 0 Å². The molecule has 2 heterocycles. The summed E-state index contributed by atoms with van der Waals surface area (Å²) < 4.78 is 0. The third-order valence-electron chi connectivity index (χ3n) is 5.62. The Hall–Kier alpha value is -2.34. The van der Waals surface area contributed by atoms with Crippen LogP contribution in [0.15, 0.2) is 35.1 Å². The molecule has 1 saturated heterocycles. The van der Waals surface area contributed by atoms with E-state index in [-0.39, 0.29) is 23.9 Å². The molecule has 0 saturated carbocycles. The largest absolute Gasteiger partial charge is 0.341 e. The van der Waals surface area contributed by atoms with E-state index in [1.807, 2.05) is 24.9 Å². The van der Waals surface area contributed by atoms with Crippen molar-refractivity contribution in [2.45, 2.75) is 45.1 Å². The standard InChI is InChI=1S/C21H30N4O2/c1-16-19(21(27)23-22-16)14-20(26)24(2)18-11-7-13-25(15-18)12-6-10-17-8-4-3-5-9-17/h3-5,8-9,18H,6-7,10-15H2,1-2H3,(H2,22,23,27)/t18-/m0/s1. The fraction of sp³-hybridized carbons (Fsp3) is 0.524. The van der Waals surface area contributed by atoms with Gasteiger partial charge in [-0.25, -0.2) is 0 Å². The number of hydrogen-bond acceptors (Lipinski definition) is 3. The molecule has 1 aliphatic rings. The lowest BCUT2D eigenvalue weighted by Crippen LogP contribution is -2.49. The third kappa shape index (κ3) is 5.10. The van der Waals surface area contributed by atoms with Gasteiger partial charge in [0, 0.05) is 30.9 Å². The summed E-state index contributed by atoms with van der Waals surface area (Å²) in [6, 6.07) is 10.8. The molecule has 2 aromatic rings. The van der Waals surface area contributed by atoms with Crippen molar-refractivity contribution in [2.75, 3.05) is 26.7 Å². The van der Waals surface area contributed by atoms with Crippen LogP contribution >= 0.6 is 0 Å². The molecule has 0 unspecified atom stereocenters. The Labute approximate surface area is 160 Å². The summed E-state index contributed by atoms with van der Waals surface area (Å²) in [4.78, 5) is 28.8. The van der Waals surface area contributed by atoms with E-state index in [4.69, 9.17) is 0 Å². The summed E-state index contributed by atoms with van der Waals surface area (Å²) in [7, 11) is 1.87. The van der Waals surface area contributed by atoms with Gasteiger partial charge in [0.05, 0.1) is 6.42 Å². The Morgan fingerprint density at radius 2 is 2.04 bits per heavy atom. The molecule has 1 amide bonds. The normalized spacial score (nSPS) is 17.8. The monoisotopic (exact) mass is 370 g/mol. The number of hydrogen-bond donors (Lipinski definition) is 2. The van der Waals surface area contributed by atoms with Crippen LogP contribution in [0.5, 0.6) is 0 Å². The Kier molecular flexibility index (Phi) is 6.50. The zero-order valence-electron chi connectivity index (χ0n) is 16.3. The number of amides is 1. The van der Waals surface area contributed by atoms with Gasteiger partial charge in [0.15, 0.2) is 0 Å². The van der Waals surface area contributed by atoms with Crippen LogP contribution in [0.2, 0.25) is 0 Å². The summed E-state index contributed by atoms with van der Waals surface area (Å²) in [5.74, 6) is 0.0133. The first-order valence-corrected chi connectivity index (χ1v) is 9.82. The number of carbonyl (C=O) groups is 1. The van der Waals surface area contributed by atoms with Crippen LogP contribution in [0.3, 0.4) is 0 Å². The smallest absolute Gasteiger partial charge is 0.267 e. The van der Waals surface area contributed by atoms with Gasteiger partial charge in [-0.3, -0.25) is 14.7 Å². The minimum Gasteiger partial charge on any atom is -0.341 e. The second-order valence-electron chi connectivity index (χ2n) is 7.55. The van der Waals surface area contributed by atoms with Crippen LogP contribution in [0.4, 0.5) is 0 Å². The number of likely N-dealkylation sites (tertiary alicyclic amines) is 1. The predicted octanol–water partition coefficient (Wildman–Crippen LogP) is 2.11. The van der Waals surface area contributed by atoms with Gasteiger partial charge in [0.2, 0.25) is 5.91 Å². The molecule has 146 valence electrons. The molecule has 3 rings (SSSR count). The molecule has 6 nitrogen and oxygen atoms in total. The minimum absolute atomic E-state index is 0.0133. The van der Waals surface area contributed by atoms with E-state index < -0.39 is 0 Å². The zero-order valence-corrected chi connectivity index (χ0v) is 16.3. The van der Waals surface area contributed by atoms with E-state index in [0.29, 0.717) is 5.56 Å². The summed E-state index contributed by atoms with van der Waals surface area (Å²) >= 11 is 0. The molecule has 1 fully saturated rings. The maximum Gasteiger partial charge on any atom is 0.267 e. The summed E-state index contributed by atoms with van der Waals surface area (Å²) in [5, 5.41) is 5.33. The molecule has 0 spiro atoms. The van der Waals surface area contributed by atoms with E-state index in [2.05, 4.69) is 39.4 Å². The number of nitrogens with zero attached hydrogens (tertiary/aromatic N) is 2. The quantitative estimate of drug-likeness (QED) is 0.784. The van der Waals surface area contributed by atoms with Crippen LogP contribution in [-0.4, -0.2) is 58.6 Å². The van der Waals surface area contributed by atoms with Gasteiger partial charge in [-0.1, -0.05) is 30.3 Å². The molecular formula is C21H30N4O2. The molecule has 0 bridgehead atoms. The number of aryl methyl sites for hydroxylation is 2. The van der Waals surface area contributed by atoms with Gasteiger partial charge >= 0.3 is 0 Å². The molecule has 0 aliphatic carbocycles. The first kappa shape index (κ1) is 19.4. The second-order valence-corrected chi connectivity index (χ2v) is 7.55. The fourth-order valence-electron chi connectivity index (χ4n) is 3.87. The van der Waals surface area contributed by atoms with Crippen LogP contribution < -0.4 is 5.56 Å². The van der Waals surface area contributed by atoms with Gasteiger partial charge in [0.25, 0.3) is 5.56 Å². The first-order valence-electron chi connectivity index (χ1n) is 9.82. The minimum atomic E-state index is -0.194. The van der Waals surface area contributed by atoms with Gasteiger partial charge in [-0.2, -0.15) is 0 Å².